The summed E-state index contributed by atoms with van der Waals surface area (Å²) in [6.45, 7) is 3.87. The summed E-state index contributed by atoms with van der Waals surface area (Å²) in [5.41, 5.74) is 1.57. The van der Waals surface area contributed by atoms with E-state index in [4.69, 9.17) is 0 Å². The average molecular weight is 373 g/mol. The molecule has 2 heterocycles. The maximum Gasteiger partial charge on any atom is 0.408 e. The molecule has 0 aliphatic carbocycles. The molecule has 1 aromatic heterocycles. The van der Waals surface area contributed by atoms with Gasteiger partial charge in [0.1, 0.15) is 11.0 Å². The summed E-state index contributed by atoms with van der Waals surface area (Å²) in [6, 6.07) is 9.62. The molecule has 138 valence electrons. The fourth-order valence-electron chi connectivity index (χ4n) is 3.49. The lowest BCUT2D eigenvalue weighted by Gasteiger charge is -2.43. The molecule has 3 rings (SSSR count). The maximum absolute atomic E-state index is 13.4. The van der Waals surface area contributed by atoms with E-state index in [9.17, 15) is 14.7 Å². The second kappa shape index (κ2) is 7.45. The highest BCUT2D eigenvalue weighted by Gasteiger charge is 2.38. The molecule has 2 amide bonds. The van der Waals surface area contributed by atoms with Crippen LogP contribution in [0.1, 0.15) is 40.9 Å². The van der Waals surface area contributed by atoms with E-state index in [0.717, 1.165) is 23.4 Å². The van der Waals surface area contributed by atoms with E-state index in [1.165, 1.54) is 23.3 Å². The summed E-state index contributed by atoms with van der Waals surface area (Å²) < 4.78 is 0. The van der Waals surface area contributed by atoms with Gasteiger partial charge in [-0.3, -0.25) is 9.69 Å². The molecular weight excluding hydrogens is 350 g/mol. The number of nitrogens with zero attached hydrogens (tertiary/aromatic N) is 3. The van der Waals surface area contributed by atoms with E-state index in [0.29, 0.717) is 17.0 Å². The topological polar surface area (TPSA) is 73.7 Å². The molecule has 1 aromatic carbocycles. The quantitative estimate of drug-likeness (QED) is 0.880. The number of benzene rings is 1. The van der Waals surface area contributed by atoms with Crippen LogP contribution in [-0.4, -0.2) is 51.1 Å². The van der Waals surface area contributed by atoms with Crippen molar-refractivity contribution < 1.29 is 14.7 Å². The number of aromatic nitrogens is 1. The van der Waals surface area contributed by atoms with E-state index in [2.05, 4.69) is 4.98 Å². The average Bonchev–Trinajstić information content (AvgIpc) is 3.03. The molecule has 7 heteroatoms. The van der Waals surface area contributed by atoms with Gasteiger partial charge in [-0.2, -0.15) is 0 Å². The number of hydrogen-bond donors (Lipinski definition) is 1. The van der Waals surface area contributed by atoms with Crippen molar-refractivity contribution in [1.29, 1.82) is 0 Å². The molecule has 0 saturated carbocycles. The lowest BCUT2D eigenvalue weighted by Crippen LogP contribution is -2.56. The highest BCUT2D eigenvalue weighted by atomic mass is 32.1. The molecule has 1 aliphatic rings. The zero-order chi connectivity index (χ0) is 18.8. The largest absolute Gasteiger partial charge is 0.465 e. The lowest BCUT2D eigenvalue weighted by molar-refractivity contribution is 0.00839. The molecule has 0 spiro atoms. The van der Waals surface area contributed by atoms with Crippen LogP contribution >= 0.6 is 11.3 Å². The van der Waals surface area contributed by atoms with Crippen LogP contribution in [0.2, 0.25) is 0 Å². The Labute approximate surface area is 157 Å². The number of thiazole rings is 1. The van der Waals surface area contributed by atoms with E-state index in [1.54, 1.807) is 4.90 Å². The van der Waals surface area contributed by atoms with Gasteiger partial charge in [0.25, 0.3) is 5.91 Å². The van der Waals surface area contributed by atoms with Gasteiger partial charge >= 0.3 is 6.09 Å². The molecule has 6 nitrogen and oxygen atoms in total. The van der Waals surface area contributed by atoms with Crippen LogP contribution < -0.4 is 0 Å². The minimum atomic E-state index is -1.02. The van der Waals surface area contributed by atoms with Gasteiger partial charge in [0, 0.05) is 18.7 Å². The minimum absolute atomic E-state index is 0.0194. The summed E-state index contributed by atoms with van der Waals surface area (Å²) in [7, 11) is 1.53. The number of aryl methyl sites for hydroxylation is 1. The molecule has 26 heavy (non-hydrogen) atoms. The zero-order valence-electron chi connectivity index (χ0n) is 15.2. The van der Waals surface area contributed by atoms with Gasteiger partial charge in [-0.1, -0.05) is 30.3 Å². The number of carbonyl (C=O) groups is 2. The molecule has 1 saturated heterocycles. The standard InChI is InChI=1S/C19H23N3O3S/c1-12-8-7-11-15(21(3)19(24)25)22(12)18(23)17-16(20-13(2)26-17)14-9-5-4-6-10-14/h4-6,9-10,12,15H,7-8,11H2,1-3H3,(H,24,25). The fraction of sp³-hybridized carbons (Fsp3) is 0.421. The summed E-state index contributed by atoms with van der Waals surface area (Å²) in [5.74, 6) is -0.139. The first kappa shape index (κ1) is 18.4. The van der Waals surface area contributed by atoms with Crippen LogP contribution in [0, 0.1) is 6.92 Å². The second-order valence-electron chi connectivity index (χ2n) is 6.64. The van der Waals surface area contributed by atoms with E-state index in [-0.39, 0.29) is 11.9 Å². The Balaban J connectivity index is 2.01. The number of carboxylic acid groups (broad SMARTS) is 1. The van der Waals surface area contributed by atoms with Gasteiger partial charge in [0.05, 0.1) is 10.7 Å². The molecule has 2 aromatic rings. The molecular formula is C19H23N3O3S. The third-order valence-corrected chi connectivity index (χ3v) is 5.80. The molecule has 1 fully saturated rings. The van der Waals surface area contributed by atoms with Crippen LogP contribution in [0.3, 0.4) is 0 Å². The second-order valence-corrected chi connectivity index (χ2v) is 7.85. The van der Waals surface area contributed by atoms with E-state index in [1.807, 2.05) is 44.2 Å². The van der Waals surface area contributed by atoms with Crippen molar-refractivity contribution in [2.75, 3.05) is 7.05 Å². The third kappa shape index (κ3) is 3.44. The van der Waals surface area contributed by atoms with Gasteiger partial charge in [-0.25, -0.2) is 9.78 Å². The highest BCUT2D eigenvalue weighted by molar-refractivity contribution is 7.14. The zero-order valence-corrected chi connectivity index (χ0v) is 16.0. The Hall–Kier alpha value is -2.41. The van der Waals surface area contributed by atoms with Gasteiger partial charge in [-0.05, 0) is 33.1 Å². The smallest absolute Gasteiger partial charge is 0.408 e. The van der Waals surface area contributed by atoms with Crippen molar-refractivity contribution in [3.8, 4) is 11.3 Å². The highest BCUT2D eigenvalue weighted by Crippen LogP contribution is 2.33. The van der Waals surface area contributed by atoms with Gasteiger partial charge in [0.15, 0.2) is 0 Å². The monoisotopic (exact) mass is 373 g/mol. The van der Waals surface area contributed by atoms with Crippen LogP contribution in [0.15, 0.2) is 30.3 Å². The first-order chi connectivity index (χ1) is 12.4. The van der Waals surface area contributed by atoms with Crippen molar-refractivity contribution in [1.82, 2.24) is 14.8 Å². The van der Waals surface area contributed by atoms with Gasteiger partial charge in [0.2, 0.25) is 0 Å². The molecule has 2 atom stereocenters. The summed E-state index contributed by atoms with van der Waals surface area (Å²) in [6.07, 6.45) is 0.951. The van der Waals surface area contributed by atoms with Crippen molar-refractivity contribution in [2.24, 2.45) is 0 Å². The summed E-state index contributed by atoms with van der Waals surface area (Å²) >= 11 is 1.37. The minimum Gasteiger partial charge on any atom is -0.465 e. The molecule has 1 aliphatic heterocycles. The van der Waals surface area contributed by atoms with Crippen molar-refractivity contribution >= 4 is 23.3 Å². The predicted molar refractivity (Wildman–Crippen MR) is 101 cm³/mol. The predicted octanol–water partition coefficient (Wildman–Crippen LogP) is 4.07. The number of carbonyl (C=O) groups excluding carboxylic acids is 1. The van der Waals surface area contributed by atoms with Gasteiger partial charge in [-0.15, -0.1) is 11.3 Å². The Morgan fingerprint density at radius 2 is 1.96 bits per heavy atom. The van der Waals surface area contributed by atoms with Gasteiger partial charge < -0.3 is 10.0 Å². The number of rotatable bonds is 3. The number of hydrogen-bond acceptors (Lipinski definition) is 4. The molecule has 0 bridgehead atoms. The van der Waals surface area contributed by atoms with E-state index < -0.39 is 12.3 Å². The van der Waals surface area contributed by atoms with Crippen molar-refractivity contribution in [3.63, 3.8) is 0 Å². The Morgan fingerprint density at radius 3 is 2.62 bits per heavy atom. The molecule has 1 N–H and O–H groups in total. The van der Waals surface area contributed by atoms with Crippen molar-refractivity contribution in [2.45, 2.75) is 45.3 Å². The first-order valence-corrected chi connectivity index (χ1v) is 9.53. The normalized spacial score (nSPS) is 20.0. The molecule has 0 radical (unpaired) electrons. The molecule has 2 unspecified atom stereocenters. The lowest BCUT2D eigenvalue weighted by atomic mass is 9.99. The Morgan fingerprint density at radius 1 is 1.27 bits per heavy atom. The van der Waals surface area contributed by atoms with Crippen LogP contribution in [0.25, 0.3) is 11.3 Å². The number of amides is 2. The summed E-state index contributed by atoms with van der Waals surface area (Å²) in [5, 5.41) is 10.2. The number of piperidine rings is 1. The van der Waals surface area contributed by atoms with Crippen LogP contribution in [-0.2, 0) is 0 Å². The van der Waals surface area contributed by atoms with Crippen molar-refractivity contribution in [3.05, 3.63) is 40.2 Å². The fourth-order valence-corrected chi connectivity index (χ4v) is 4.38. The first-order valence-electron chi connectivity index (χ1n) is 8.71. The number of likely N-dealkylation sites (tertiary alicyclic amines) is 1. The summed E-state index contributed by atoms with van der Waals surface area (Å²) in [4.78, 5) is 33.0. The van der Waals surface area contributed by atoms with E-state index >= 15 is 0 Å². The van der Waals surface area contributed by atoms with Crippen LogP contribution in [0.5, 0.6) is 0 Å². The Bertz CT molecular complexity index is 806. The maximum atomic E-state index is 13.4. The third-order valence-electron chi connectivity index (χ3n) is 4.84. The Kier molecular flexibility index (Phi) is 5.27. The van der Waals surface area contributed by atoms with Crippen LogP contribution in [0.4, 0.5) is 4.79 Å². The SMILES string of the molecule is Cc1nc(-c2ccccc2)c(C(=O)N2C(C)CCCC2N(C)C(=O)O)s1.